The molecule has 10 nitrogen and oxygen atoms in total. The van der Waals surface area contributed by atoms with Gasteiger partial charge in [-0.25, -0.2) is 14.4 Å². The van der Waals surface area contributed by atoms with Crippen molar-refractivity contribution in [1.29, 1.82) is 0 Å². The highest BCUT2D eigenvalue weighted by Crippen LogP contribution is 2.35. The summed E-state index contributed by atoms with van der Waals surface area (Å²) >= 11 is 0. The number of ether oxygens (including phenoxy) is 2. The second-order valence-electron chi connectivity index (χ2n) is 9.38. The smallest absolute Gasteiger partial charge is 0.276 e. The zero-order valence-electron chi connectivity index (χ0n) is 21.3. The van der Waals surface area contributed by atoms with Crippen LogP contribution in [0.25, 0.3) is 10.9 Å². The topological polar surface area (TPSA) is 115 Å². The van der Waals surface area contributed by atoms with Crippen molar-refractivity contribution < 1.29 is 18.7 Å². The molecule has 1 amide bonds. The third kappa shape index (κ3) is 5.58. The normalized spacial score (nSPS) is 19.1. The zero-order valence-corrected chi connectivity index (χ0v) is 21.3. The molecule has 2 aliphatic heterocycles. The van der Waals surface area contributed by atoms with Gasteiger partial charge in [0.2, 0.25) is 0 Å². The number of anilines is 1. The molecule has 0 bridgehead atoms. The number of amides is 1. The molecule has 1 fully saturated rings. The molecule has 198 valence electrons. The van der Waals surface area contributed by atoms with E-state index in [4.69, 9.17) is 15.2 Å². The second-order valence-corrected chi connectivity index (χ2v) is 9.38. The van der Waals surface area contributed by atoms with Crippen molar-refractivity contribution in [3.63, 3.8) is 0 Å². The summed E-state index contributed by atoms with van der Waals surface area (Å²) in [7, 11) is 1.59. The molecule has 5 rings (SSSR count). The van der Waals surface area contributed by atoms with Crippen LogP contribution in [-0.4, -0.2) is 66.9 Å². The molecule has 3 aromatic rings. The molecule has 11 heteroatoms. The molecule has 1 saturated heterocycles. The molecular formula is C27H31FN7O3+. The summed E-state index contributed by atoms with van der Waals surface area (Å²) in [5.74, 6) is 0.705. The Labute approximate surface area is 220 Å². The molecule has 1 aromatic heterocycles. The average Bonchev–Trinajstić information content (AvgIpc) is 3.57. The van der Waals surface area contributed by atoms with E-state index in [0.717, 1.165) is 26.1 Å². The number of allylic oxidation sites excluding steroid dienone is 1. The summed E-state index contributed by atoms with van der Waals surface area (Å²) in [5, 5.41) is 8.46. The Kier molecular flexibility index (Phi) is 7.47. The first-order valence-electron chi connectivity index (χ1n) is 12.6. The van der Waals surface area contributed by atoms with E-state index in [1.54, 1.807) is 31.7 Å². The maximum atomic E-state index is 14.0. The van der Waals surface area contributed by atoms with Crippen LogP contribution in [0.5, 0.6) is 11.5 Å². The number of benzene rings is 2. The molecule has 0 radical (unpaired) electrons. The molecule has 2 aromatic carbocycles. The Morgan fingerprint density at radius 3 is 2.79 bits per heavy atom. The van der Waals surface area contributed by atoms with Gasteiger partial charge < -0.3 is 25.4 Å². The predicted octanol–water partition coefficient (Wildman–Crippen LogP) is 3.39. The molecule has 1 unspecified atom stereocenters. The van der Waals surface area contributed by atoms with E-state index >= 15 is 0 Å². The fourth-order valence-corrected chi connectivity index (χ4v) is 4.85. The third-order valence-electron chi connectivity index (χ3n) is 6.67. The fraction of sp³-hybridized carbons (Fsp3) is 0.333. The lowest BCUT2D eigenvalue weighted by Gasteiger charge is -2.23. The van der Waals surface area contributed by atoms with Crippen LogP contribution in [0.4, 0.5) is 15.9 Å². The first-order chi connectivity index (χ1) is 18.5. The number of rotatable bonds is 11. The minimum Gasteiger partial charge on any atom is -0.493 e. The Morgan fingerprint density at radius 1 is 1.18 bits per heavy atom. The first-order valence-corrected chi connectivity index (χ1v) is 12.6. The Morgan fingerprint density at radius 2 is 2.03 bits per heavy atom. The van der Waals surface area contributed by atoms with Gasteiger partial charge in [-0.05, 0) is 44.5 Å². The van der Waals surface area contributed by atoms with E-state index in [9.17, 15) is 9.18 Å². The van der Waals surface area contributed by atoms with E-state index in [2.05, 4.69) is 25.3 Å². The Balaban J connectivity index is 1.37. The van der Waals surface area contributed by atoms with Gasteiger partial charge in [0.05, 0.1) is 19.2 Å². The standard InChI is InChI=1S/C27H30FN7O3/c1-37-24-13-22-23(14-25(24)38-11-5-10-34-8-2-3-9-34)30-18-31-27(22)33-20-15-32-35(16-20,17-26(29)36)21-7-4-6-19(28)12-21/h4,6-7,12-16,18H,2-3,5,8-11,17H2,1H3,(H2-,29,30,31,33,36)/p+1. The lowest BCUT2D eigenvalue weighted by atomic mass is 10.2. The summed E-state index contributed by atoms with van der Waals surface area (Å²) < 4.78 is 25.3. The molecule has 0 spiro atoms. The SMILES string of the molecule is COc1cc2c(NC3=C[N+](CC(N)=O)(c4cccc(F)c4)N=C3)ncnc2cc1OCCCN1CCCC1. The van der Waals surface area contributed by atoms with Crippen LogP contribution in [-0.2, 0) is 4.79 Å². The van der Waals surface area contributed by atoms with Crippen molar-refractivity contribution in [2.45, 2.75) is 19.3 Å². The number of halogens is 1. The van der Waals surface area contributed by atoms with Crippen LogP contribution in [0, 0.1) is 5.82 Å². The van der Waals surface area contributed by atoms with Gasteiger partial charge in [-0.15, -0.1) is 4.59 Å². The maximum absolute atomic E-state index is 14.0. The number of fused-ring (bicyclic) bond motifs is 1. The number of methoxy groups -OCH3 is 1. The van der Waals surface area contributed by atoms with Gasteiger partial charge in [0, 0.05) is 30.1 Å². The van der Waals surface area contributed by atoms with Crippen LogP contribution in [0.3, 0.4) is 0 Å². The monoisotopic (exact) mass is 520 g/mol. The number of carbonyl (C=O) groups is 1. The van der Waals surface area contributed by atoms with Gasteiger partial charge in [0.15, 0.2) is 29.9 Å². The largest absolute Gasteiger partial charge is 0.493 e. The number of nitrogens with zero attached hydrogens (tertiary/aromatic N) is 5. The van der Waals surface area contributed by atoms with Gasteiger partial charge >= 0.3 is 0 Å². The average molecular weight is 521 g/mol. The number of carbonyl (C=O) groups excluding carboxylic acids is 1. The summed E-state index contributed by atoms with van der Waals surface area (Å²) in [4.78, 5) is 23.1. The lowest BCUT2D eigenvalue weighted by Crippen LogP contribution is -2.44. The van der Waals surface area contributed by atoms with E-state index in [1.165, 1.54) is 31.3 Å². The minimum atomic E-state index is -0.575. The molecular weight excluding hydrogens is 489 g/mol. The molecule has 38 heavy (non-hydrogen) atoms. The molecule has 1 atom stereocenters. The number of hydrogen-bond donors (Lipinski definition) is 2. The quantitative estimate of drug-likeness (QED) is 0.294. The number of nitrogens with one attached hydrogen (secondary N) is 1. The van der Waals surface area contributed by atoms with Gasteiger partial charge in [-0.3, -0.25) is 4.79 Å². The molecule has 2 aliphatic rings. The first kappa shape index (κ1) is 25.6. The van der Waals surface area contributed by atoms with Crippen molar-refractivity contribution in [3.8, 4) is 11.5 Å². The highest BCUT2D eigenvalue weighted by Gasteiger charge is 2.36. The van der Waals surface area contributed by atoms with Gasteiger partial charge in [-0.1, -0.05) is 11.2 Å². The van der Waals surface area contributed by atoms with Gasteiger partial charge in [0.25, 0.3) is 5.91 Å². The zero-order chi connectivity index (χ0) is 26.5. The summed E-state index contributed by atoms with van der Waals surface area (Å²) in [6.45, 7) is 3.77. The maximum Gasteiger partial charge on any atom is 0.276 e. The molecule has 3 N–H and O–H groups in total. The Bertz CT molecular complexity index is 1390. The number of likely N-dealkylation sites (tertiary alicyclic amines) is 1. The summed E-state index contributed by atoms with van der Waals surface area (Å²) in [6, 6.07) is 9.60. The van der Waals surface area contributed by atoms with Crippen molar-refractivity contribution >= 4 is 34.5 Å². The second kappa shape index (κ2) is 11.1. The summed E-state index contributed by atoms with van der Waals surface area (Å²) in [6.07, 6.45) is 8.20. The fourth-order valence-electron chi connectivity index (χ4n) is 4.85. The van der Waals surface area contributed by atoms with E-state index in [-0.39, 0.29) is 11.1 Å². The number of hydrogen-bond acceptors (Lipinski definition) is 8. The van der Waals surface area contributed by atoms with Crippen LogP contribution < -0.4 is 25.1 Å². The van der Waals surface area contributed by atoms with Crippen LogP contribution in [0.15, 0.2) is 59.7 Å². The lowest BCUT2D eigenvalue weighted by molar-refractivity contribution is -0.118. The van der Waals surface area contributed by atoms with Crippen molar-refractivity contribution in [3.05, 3.63) is 60.4 Å². The third-order valence-corrected chi connectivity index (χ3v) is 6.67. The van der Waals surface area contributed by atoms with Gasteiger partial charge in [-0.2, -0.15) is 0 Å². The van der Waals surface area contributed by atoms with Crippen molar-refractivity contribution in [2.75, 3.05) is 45.2 Å². The van der Waals surface area contributed by atoms with E-state index in [0.29, 0.717) is 46.2 Å². The number of aromatic nitrogens is 2. The van der Waals surface area contributed by atoms with Crippen LogP contribution in [0.2, 0.25) is 0 Å². The Hall–Kier alpha value is -4.09. The number of quaternary nitrogens is 1. The number of nitrogens with two attached hydrogens (primary N) is 1. The molecule has 0 aliphatic carbocycles. The van der Waals surface area contributed by atoms with E-state index in [1.807, 2.05) is 12.1 Å². The van der Waals surface area contributed by atoms with Crippen molar-refractivity contribution in [1.82, 2.24) is 19.5 Å². The van der Waals surface area contributed by atoms with Crippen molar-refractivity contribution in [2.24, 2.45) is 10.8 Å². The highest BCUT2D eigenvalue weighted by molar-refractivity contribution is 5.96. The summed E-state index contributed by atoms with van der Waals surface area (Å²) in [5.41, 5.74) is 7.22. The molecule has 3 heterocycles. The van der Waals surface area contributed by atoms with Crippen LogP contribution in [0.1, 0.15) is 19.3 Å². The van der Waals surface area contributed by atoms with Crippen LogP contribution >= 0.6 is 0 Å². The highest BCUT2D eigenvalue weighted by atomic mass is 19.1. The van der Waals surface area contributed by atoms with Gasteiger partial charge in [0.1, 0.15) is 29.9 Å². The minimum absolute atomic E-state index is 0.165. The predicted molar refractivity (Wildman–Crippen MR) is 144 cm³/mol. The molecule has 0 saturated carbocycles. The van der Waals surface area contributed by atoms with E-state index < -0.39 is 11.7 Å². The number of primary amides is 1.